The van der Waals surface area contributed by atoms with Gasteiger partial charge >= 0.3 is 5.97 Å². The summed E-state index contributed by atoms with van der Waals surface area (Å²) in [6.45, 7) is 0.443. The van der Waals surface area contributed by atoms with Crippen LogP contribution in [0.4, 0.5) is 0 Å². The second-order valence-corrected chi connectivity index (χ2v) is 6.14. The molecule has 0 aromatic carbocycles. The van der Waals surface area contributed by atoms with Gasteiger partial charge in [-0.3, -0.25) is 4.79 Å². The Morgan fingerprint density at radius 2 is 2.37 bits per heavy atom. The van der Waals surface area contributed by atoms with Crippen molar-refractivity contribution >= 4 is 35.4 Å². The number of amides is 1. The van der Waals surface area contributed by atoms with Crippen molar-refractivity contribution in [2.24, 2.45) is 0 Å². The molecule has 0 spiro atoms. The van der Waals surface area contributed by atoms with E-state index in [1.807, 2.05) is 6.26 Å². The Morgan fingerprint density at radius 3 is 3.05 bits per heavy atom. The van der Waals surface area contributed by atoms with Crippen molar-refractivity contribution in [1.29, 1.82) is 0 Å². The van der Waals surface area contributed by atoms with Crippen LogP contribution in [0, 0.1) is 0 Å². The lowest BCUT2D eigenvalue weighted by atomic mass is 10.2. The van der Waals surface area contributed by atoms with Gasteiger partial charge in [0.15, 0.2) is 5.76 Å². The number of rotatable bonds is 4. The van der Waals surface area contributed by atoms with Gasteiger partial charge < -0.3 is 14.4 Å². The predicted molar refractivity (Wildman–Crippen MR) is 75.7 cm³/mol. The average Bonchev–Trinajstić information content (AvgIpc) is 2.87. The predicted octanol–water partition coefficient (Wildman–Crippen LogP) is 1.78. The summed E-state index contributed by atoms with van der Waals surface area (Å²) in [5, 5.41) is 9.15. The van der Waals surface area contributed by atoms with Crippen molar-refractivity contribution < 1.29 is 19.1 Å². The highest BCUT2D eigenvalue weighted by molar-refractivity contribution is 7.99. The molecule has 2 heterocycles. The largest absolute Gasteiger partial charge is 0.480 e. The van der Waals surface area contributed by atoms with Gasteiger partial charge in [0.25, 0.3) is 5.91 Å². The number of hydrogen-bond donors (Lipinski definition) is 1. The molecule has 1 saturated heterocycles. The Bertz CT molecular complexity index is 474. The van der Waals surface area contributed by atoms with Gasteiger partial charge in [-0.05, 0) is 18.4 Å². The maximum absolute atomic E-state index is 12.3. The average molecular weight is 301 g/mol. The van der Waals surface area contributed by atoms with Crippen molar-refractivity contribution in [3.63, 3.8) is 0 Å². The van der Waals surface area contributed by atoms with Gasteiger partial charge in [0.1, 0.15) is 11.8 Å². The van der Waals surface area contributed by atoms with Crippen LogP contribution in [0.2, 0.25) is 0 Å². The summed E-state index contributed by atoms with van der Waals surface area (Å²) < 4.78 is 5.46. The lowest BCUT2D eigenvalue weighted by molar-refractivity contribution is -0.141. The van der Waals surface area contributed by atoms with Crippen LogP contribution in [0.1, 0.15) is 16.3 Å². The van der Waals surface area contributed by atoms with Gasteiger partial charge in [-0.15, -0.1) is 0 Å². The third-order valence-electron chi connectivity index (χ3n) is 2.83. The third-order valence-corrected chi connectivity index (χ3v) is 4.43. The number of furan rings is 1. The summed E-state index contributed by atoms with van der Waals surface area (Å²) in [5.74, 6) is 1.55. The summed E-state index contributed by atoms with van der Waals surface area (Å²) in [4.78, 5) is 24.8. The highest BCUT2D eigenvalue weighted by atomic mass is 32.2. The summed E-state index contributed by atoms with van der Waals surface area (Å²) in [7, 11) is 0. The zero-order valence-corrected chi connectivity index (χ0v) is 12.1. The van der Waals surface area contributed by atoms with Crippen LogP contribution < -0.4 is 0 Å². The molecule has 0 radical (unpaired) electrons. The molecule has 1 unspecified atom stereocenters. The van der Waals surface area contributed by atoms with Crippen LogP contribution in [0.25, 0.3) is 0 Å². The molecule has 1 amide bonds. The molecular formula is C12H15NO4S2. The number of carboxylic acid groups (broad SMARTS) is 1. The van der Waals surface area contributed by atoms with E-state index >= 15 is 0 Å². The first kappa shape index (κ1) is 14.3. The molecule has 0 bridgehead atoms. The van der Waals surface area contributed by atoms with Crippen molar-refractivity contribution in [3.05, 3.63) is 23.7 Å². The fraction of sp³-hybridized carbons (Fsp3) is 0.500. The number of carbonyl (C=O) groups excluding carboxylic acids is 1. The first-order valence-electron chi connectivity index (χ1n) is 5.82. The second-order valence-electron chi connectivity index (χ2n) is 4.13. The van der Waals surface area contributed by atoms with Crippen molar-refractivity contribution in [1.82, 2.24) is 4.90 Å². The number of thioether (sulfide) groups is 2. The first-order valence-corrected chi connectivity index (χ1v) is 8.37. The highest BCUT2D eigenvalue weighted by Gasteiger charge is 2.34. The van der Waals surface area contributed by atoms with Gasteiger partial charge in [-0.1, -0.05) is 0 Å². The maximum Gasteiger partial charge on any atom is 0.327 e. The topological polar surface area (TPSA) is 70.8 Å². The fourth-order valence-corrected chi connectivity index (χ4v) is 3.38. The van der Waals surface area contributed by atoms with Crippen LogP contribution in [0.3, 0.4) is 0 Å². The van der Waals surface area contributed by atoms with E-state index in [-0.39, 0.29) is 11.7 Å². The Morgan fingerprint density at radius 1 is 1.58 bits per heavy atom. The quantitative estimate of drug-likeness (QED) is 0.914. The van der Waals surface area contributed by atoms with Gasteiger partial charge in [-0.25, -0.2) is 4.79 Å². The van der Waals surface area contributed by atoms with Crippen molar-refractivity contribution in [2.75, 3.05) is 24.3 Å². The fourth-order valence-electron chi connectivity index (χ4n) is 1.91. The van der Waals surface area contributed by atoms with Crippen molar-refractivity contribution in [2.45, 2.75) is 11.8 Å². The van der Waals surface area contributed by atoms with Crippen LogP contribution >= 0.6 is 23.5 Å². The molecule has 2 rings (SSSR count). The normalized spacial score (nSPS) is 19.4. The van der Waals surface area contributed by atoms with Gasteiger partial charge in [0.05, 0.1) is 5.75 Å². The molecule has 1 aliphatic heterocycles. The zero-order chi connectivity index (χ0) is 13.8. The maximum atomic E-state index is 12.3. The molecule has 7 heteroatoms. The summed E-state index contributed by atoms with van der Waals surface area (Å²) in [6.07, 6.45) is 1.95. The minimum absolute atomic E-state index is 0.224. The smallest absolute Gasteiger partial charge is 0.327 e. The summed E-state index contributed by atoms with van der Waals surface area (Å²) in [6, 6.07) is 2.62. The van der Waals surface area contributed by atoms with Crippen LogP contribution in [0.15, 0.2) is 16.5 Å². The molecule has 0 aliphatic carbocycles. The Labute approximate surface area is 119 Å². The number of aliphatic carboxylic acids is 1. The zero-order valence-electron chi connectivity index (χ0n) is 10.5. The van der Waals surface area contributed by atoms with E-state index in [1.165, 1.54) is 4.90 Å². The number of carbonyl (C=O) groups is 2. The molecule has 5 nitrogen and oxygen atoms in total. The first-order chi connectivity index (χ1) is 9.13. The van der Waals surface area contributed by atoms with Crippen LogP contribution in [-0.2, 0) is 10.5 Å². The van der Waals surface area contributed by atoms with Gasteiger partial charge in [0.2, 0.25) is 0 Å². The third kappa shape index (κ3) is 3.27. The minimum atomic E-state index is -0.962. The van der Waals surface area contributed by atoms with E-state index in [0.29, 0.717) is 18.1 Å². The highest BCUT2D eigenvalue weighted by Crippen LogP contribution is 2.21. The van der Waals surface area contributed by atoms with Crippen LogP contribution in [0.5, 0.6) is 0 Å². The molecule has 1 aromatic rings. The Kier molecular flexibility index (Phi) is 4.81. The molecule has 1 N–H and O–H groups in total. The minimum Gasteiger partial charge on any atom is -0.480 e. The van der Waals surface area contributed by atoms with Crippen LogP contribution in [-0.4, -0.2) is 52.2 Å². The molecule has 104 valence electrons. The van der Waals surface area contributed by atoms with Crippen molar-refractivity contribution in [3.8, 4) is 0 Å². The lowest BCUT2D eigenvalue weighted by Gasteiger charge is -2.31. The number of carboxylic acids is 1. The second kappa shape index (κ2) is 6.38. The van der Waals surface area contributed by atoms with E-state index in [9.17, 15) is 9.59 Å². The Hall–Kier alpha value is -1.08. The standard InChI is InChI=1S/C12H15NO4S2/c1-18-6-8-2-3-10(17-8)11(14)13-4-5-19-7-9(13)12(15)16/h2-3,9H,4-7H2,1H3,(H,15,16). The van der Waals surface area contributed by atoms with Gasteiger partial charge in [-0.2, -0.15) is 23.5 Å². The molecule has 0 saturated carbocycles. The monoisotopic (exact) mass is 301 g/mol. The molecular weight excluding hydrogens is 286 g/mol. The number of hydrogen-bond acceptors (Lipinski definition) is 5. The molecule has 1 fully saturated rings. The van der Waals surface area contributed by atoms with E-state index in [4.69, 9.17) is 9.52 Å². The molecule has 1 aromatic heterocycles. The molecule has 1 atom stereocenters. The number of nitrogens with zero attached hydrogens (tertiary/aromatic N) is 1. The summed E-state index contributed by atoms with van der Waals surface area (Å²) in [5.41, 5.74) is 0. The van der Waals surface area contributed by atoms with E-state index in [2.05, 4.69) is 0 Å². The SMILES string of the molecule is CSCc1ccc(C(=O)N2CCSCC2C(=O)O)o1. The van der Waals surface area contributed by atoms with Gasteiger partial charge in [0, 0.05) is 18.1 Å². The Balaban J connectivity index is 2.14. The summed E-state index contributed by atoms with van der Waals surface area (Å²) >= 11 is 3.16. The molecule has 1 aliphatic rings. The lowest BCUT2D eigenvalue weighted by Crippen LogP contribution is -2.50. The molecule has 19 heavy (non-hydrogen) atoms. The van der Waals surface area contributed by atoms with E-state index in [1.54, 1.807) is 35.7 Å². The van der Waals surface area contributed by atoms with E-state index in [0.717, 1.165) is 11.5 Å². The van der Waals surface area contributed by atoms with E-state index < -0.39 is 12.0 Å².